The van der Waals surface area contributed by atoms with Crippen molar-refractivity contribution in [3.05, 3.63) is 59.0 Å². The maximum Gasteiger partial charge on any atom is 0.278 e. The summed E-state index contributed by atoms with van der Waals surface area (Å²) in [7, 11) is 3.38. The number of amides is 1. The molecule has 4 rings (SSSR count). The summed E-state index contributed by atoms with van der Waals surface area (Å²) in [6.07, 6.45) is 3.22. The van der Waals surface area contributed by atoms with Gasteiger partial charge in [0.15, 0.2) is 5.82 Å². The molecule has 0 radical (unpaired) electrons. The first-order chi connectivity index (χ1) is 14.0. The zero-order chi connectivity index (χ0) is 20.5. The molecule has 0 aliphatic carbocycles. The Kier molecular flexibility index (Phi) is 4.63. The van der Waals surface area contributed by atoms with Gasteiger partial charge in [0.25, 0.3) is 5.56 Å². The van der Waals surface area contributed by atoms with E-state index in [4.69, 9.17) is 9.26 Å². The molecule has 0 atom stereocenters. The van der Waals surface area contributed by atoms with Gasteiger partial charge in [0.2, 0.25) is 5.91 Å². The van der Waals surface area contributed by atoms with Crippen LogP contribution in [0.25, 0.3) is 22.2 Å². The SMILES string of the molecule is COc1cccc(-c2cn(C)c3c(=O)n(CC(=O)Nc4cc(C)on4)cnc23)c1. The van der Waals surface area contributed by atoms with Crippen LogP contribution in [0.15, 0.2) is 52.2 Å². The number of ether oxygens (including phenoxy) is 1. The van der Waals surface area contributed by atoms with Gasteiger partial charge in [0, 0.05) is 24.9 Å². The molecule has 0 spiro atoms. The topological polar surface area (TPSA) is 104 Å². The molecule has 29 heavy (non-hydrogen) atoms. The molecular formula is C20H19N5O4. The van der Waals surface area contributed by atoms with Crippen molar-refractivity contribution in [2.45, 2.75) is 13.5 Å². The highest BCUT2D eigenvalue weighted by Crippen LogP contribution is 2.29. The van der Waals surface area contributed by atoms with Crippen molar-refractivity contribution in [1.82, 2.24) is 19.3 Å². The monoisotopic (exact) mass is 393 g/mol. The minimum absolute atomic E-state index is 0.187. The van der Waals surface area contributed by atoms with E-state index >= 15 is 0 Å². The molecule has 0 aliphatic heterocycles. The van der Waals surface area contributed by atoms with E-state index in [1.54, 1.807) is 31.7 Å². The molecule has 1 amide bonds. The molecule has 0 fully saturated rings. The van der Waals surface area contributed by atoms with E-state index in [0.717, 1.165) is 11.1 Å². The van der Waals surface area contributed by atoms with Crippen LogP contribution in [0.1, 0.15) is 5.76 Å². The fraction of sp³-hybridized carbons (Fsp3) is 0.200. The number of fused-ring (bicyclic) bond motifs is 1. The second kappa shape index (κ2) is 7.27. The highest BCUT2D eigenvalue weighted by molar-refractivity contribution is 5.93. The van der Waals surface area contributed by atoms with Gasteiger partial charge in [-0.15, -0.1) is 0 Å². The van der Waals surface area contributed by atoms with Crippen LogP contribution in [0.2, 0.25) is 0 Å². The summed E-state index contributed by atoms with van der Waals surface area (Å²) < 4.78 is 13.2. The lowest BCUT2D eigenvalue weighted by Gasteiger charge is -2.06. The van der Waals surface area contributed by atoms with Crippen LogP contribution in [0.4, 0.5) is 5.82 Å². The molecule has 1 aromatic carbocycles. The number of nitrogens with one attached hydrogen (secondary N) is 1. The average molecular weight is 393 g/mol. The Bertz CT molecular complexity index is 1270. The van der Waals surface area contributed by atoms with Gasteiger partial charge >= 0.3 is 0 Å². The zero-order valence-electron chi connectivity index (χ0n) is 16.2. The van der Waals surface area contributed by atoms with Crippen LogP contribution in [-0.2, 0) is 18.4 Å². The number of carbonyl (C=O) groups excluding carboxylic acids is 1. The Morgan fingerprint density at radius 2 is 2.14 bits per heavy atom. The quantitative estimate of drug-likeness (QED) is 0.558. The van der Waals surface area contributed by atoms with Crippen LogP contribution in [0.3, 0.4) is 0 Å². The lowest BCUT2D eigenvalue weighted by Crippen LogP contribution is -2.28. The smallest absolute Gasteiger partial charge is 0.278 e. The average Bonchev–Trinajstić information content (AvgIpc) is 3.27. The first kappa shape index (κ1) is 18.5. The predicted octanol–water partition coefficient (Wildman–Crippen LogP) is 2.35. The number of hydrogen-bond acceptors (Lipinski definition) is 6. The van der Waals surface area contributed by atoms with Crippen molar-refractivity contribution in [3.8, 4) is 16.9 Å². The Hall–Kier alpha value is -3.88. The van der Waals surface area contributed by atoms with E-state index in [0.29, 0.717) is 28.4 Å². The third-order valence-corrected chi connectivity index (χ3v) is 4.53. The Morgan fingerprint density at radius 3 is 2.86 bits per heavy atom. The van der Waals surface area contributed by atoms with Crippen LogP contribution in [0, 0.1) is 6.92 Å². The molecule has 148 valence electrons. The Balaban J connectivity index is 1.68. The number of nitrogens with zero attached hydrogens (tertiary/aromatic N) is 4. The number of aryl methyl sites for hydroxylation is 2. The number of hydrogen-bond donors (Lipinski definition) is 1. The molecule has 0 bridgehead atoms. The first-order valence-corrected chi connectivity index (χ1v) is 8.88. The highest BCUT2D eigenvalue weighted by atomic mass is 16.5. The molecule has 9 heteroatoms. The minimum atomic E-state index is -0.399. The van der Waals surface area contributed by atoms with Gasteiger partial charge in [-0.05, 0) is 24.6 Å². The summed E-state index contributed by atoms with van der Waals surface area (Å²) >= 11 is 0. The number of anilines is 1. The van der Waals surface area contributed by atoms with E-state index in [9.17, 15) is 9.59 Å². The Morgan fingerprint density at radius 1 is 1.31 bits per heavy atom. The van der Waals surface area contributed by atoms with E-state index < -0.39 is 5.91 Å². The van der Waals surface area contributed by atoms with Gasteiger partial charge in [0.1, 0.15) is 29.1 Å². The summed E-state index contributed by atoms with van der Waals surface area (Å²) in [5, 5.41) is 6.30. The van der Waals surface area contributed by atoms with E-state index in [1.807, 2.05) is 30.5 Å². The summed E-state index contributed by atoms with van der Waals surface area (Å²) in [6, 6.07) is 9.14. The maximum absolute atomic E-state index is 13.0. The van der Waals surface area contributed by atoms with Crippen LogP contribution in [-0.4, -0.2) is 32.3 Å². The molecule has 4 aromatic rings. The molecule has 0 saturated carbocycles. The minimum Gasteiger partial charge on any atom is -0.497 e. The van der Waals surface area contributed by atoms with Crippen molar-refractivity contribution in [2.24, 2.45) is 7.05 Å². The molecule has 3 heterocycles. The predicted molar refractivity (Wildman–Crippen MR) is 107 cm³/mol. The number of carbonyl (C=O) groups is 1. The maximum atomic E-state index is 13.0. The second-order valence-corrected chi connectivity index (χ2v) is 6.63. The van der Waals surface area contributed by atoms with Gasteiger partial charge in [0.05, 0.1) is 13.4 Å². The van der Waals surface area contributed by atoms with Crippen molar-refractivity contribution < 1.29 is 14.1 Å². The van der Waals surface area contributed by atoms with Gasteiger partial charge in [-0.3, -0.25) is 14.2 Å². The third-order valence-electron chi connectivity index (χ3n) is 4.53. The van der Waals surface area contributed by atoms with Crippen LogP contribution in [0.5, 0.6) is 5.75 Å². The molecule has 0 aliphatic rings. The largest absolute Gasteiger partial charge is 0.497 e. The molecule has 9 nitrogen and oxygen atoms in total. The number of aromatic nitrogens is 4. The first-order valence-electron chi connectivity index (χ1n) is 8.88. The van der Waals surface area contributed by atoms with E-state index in [-0.39, 0.29) is 12.1 Å². The summed E-state index contributed by atoms with van der Waals surface area (Å²) in [5.41, 5.74) is 2.37. The van der Waals surface area contributed by atoms with Gasteiger partial charge in [-0.1, -0.05) is 17.3 Å². The number of methoxy groups -OCH3 is 1. The summed E-state index contributed by atoms with van der Waals surface area (Å²) in [4.78, 5) is 29.7. The van der Waals surface area contributed by atoms with Crippen molar-refractivity contribution in [3.63, 3.8) is 0 Å². The summed E-state index contributed by atoms with van der Waals surface area (Å²) in [5.74, 6) is 1.19. The molecule has 3 aromatic heterocycles. The van der Waals surface area contributed by atoms with Gasteiger partial charge in [-0.25, -0.2) is 4.98 Å². The number of rotatable bonds is 5. The second-order valence-electron chi connectivity index (χ2n) is 6.63. The lowest BCUT2D eigenvalue weighted by molar-refractivity contribution is -0.116. The van der Waals surface area contributed by atoms with Crippen molar-refractivity contribution in [2.75, 3.05) is 12.4 Å². The zero-order valence-corrected chi connectivity index (χ0v) is 16.2. The highest BCUT2D eigenvalue weighted by Gasteiger charge is 2.16. The molecule has 0 unspecified atom stereocenters. The van der Waals surface area contributed by atoms with Gasteiger partial charge < -0.3 is 19.1 Å². The van der Waals surface area contributed by atoms with E-state index in [1.165, 1.54) is 10.9 Å². The summed E-state index contributed by atoms with van der Waals surface area (Å²) in [6.45, 7) is 1.54. The lowest BCUT2D eigenvalue weighted by atomic mass is 10.1. The van der Waals surface area contributed by atoms with Crippen molar-refractivity contribution >= 4 is 22.8 Å². The Labute approximate surface area is 165 Å². The fourth-order valence-electron chi connectivity index (χ4n) is 3.19. The molecular weight excluding hydrogens is 374 g/mol. The fourth-order valence-corrected chi connectivity index (χ4v) is 3.19. The molecule has 0 saturated heterocycles. The molecule has 1 N–H and O–H groups in total. The van der Waals surface area contributed by atoms with Crippen LogP contribution >= 0.6 is 0 Å². The van der Waals surface area contributed by atoms with E-state index in [2.05, 4.69) is 15.5 Å². The van der Waals surface area contributed by atoms with Gasteiger partial charge in [-0.2, -0.15) is 0 Å². The standard InChI is InChI=1S/C20H19N5O4/c1-12-7-16(23-29-12)22-17(26)10-25-11-21-18-15(9-24(2)19(18)20(25)27)13-5-4-6-14(8-13)28-3/h4-9,11H,10H2,1-3H3,(H,22,23,26). The third kappa shape index (κ3) is 3.49. The van der Waals surface area contributed by atoms with Crippen LogP contribution < -0.4 is 15.6 Å². The number of benzene rings is 1. The van der Waals surface area contributed by atoms with Crippen molar-refractivity contribution in [1.29, 1.82) is 0 Å². The normalized spacial score (nSPS) is 11.0.